The molecular formula is C27H33N5O3. The molecule has 1 aliphatic heterocycles. The number of nitrogens with zero attached hydrogens (tertiary/aromatic N) is 4. The van der Waals surface area contributed by atoms with E-state index >= 15 is 0 Å². The molecule has 8 nitrogen and oxygen atoms in total. The molecule has 0 radical (unpaired) electrons. The fraction of sp³-hybridized carbons (Fsp3) is 0.407. The van der Waals surface area contributed by atoms with Crippen LogP contribution >= 0.6 is 0 Å². The Bertz CT molecular complexity index is 1200. The summed E-state index contributed by atoms with van der Waals surface area (Å²) in [4.78, 5) is 26.6. The Kier molecular flexibility index (Phi) is 7.03. The van der Waals surface area contributed by atoms with E-state index < -0.39 is 0 Å². The Balaban J connectivity index is 1.65. The molecule has 4 rings (SSSR count). The summed E-state index contributed by atoms with van der Waals surface area (Å²) in [6.45, 7) is 10.0. The number of carbonyl (C=O) groups is 1. The van der Waals surface area contributed by atoms with Crippen LogP contribution in [0.15, 0.2) is 53.7 Å². The van der Waals surface area contributed by atoms with Crippen molar-refractivity contribution in [2.45, 2.75) is 52.1 Å². The third-order valence-electron chi connectivity index (χ3n) is 6.54. The van der Waals surface area contributed by atoms with E-state index in [1.165, 1.54) is 5.56 Å². The third kappa shape index (κ3) is 4.98. The first-order valence-electron chi connectivity index (χ1n) is 11.9. The van der Waals surface area contributed by atoms with Crippen molar-refractivity contribution in [2.75, 3.05) is 25.1 Å². The van der Waals surface area contributed by atoms with Crippen LogP contribution in [0.2, 0.25) is 0 Å². The normalized spacial score (nSPS) is 13.8. The van der Waals surface area contributed by atoms with Crippen LogP contribution in [0.4, 0.5) is 5.69 Å². The molecule has 2 heterocycles. The number of nitroso groups, excluding NO2 is 1. The van der Waals surface area contributed by atoms with Crippen molar-refractivity contribution in [3.63, 3.8) is 0 Å². The largest absolute Gasteiger partial charge is 0.497 e. The van der Waals surface area contributed by atoms with Crippen molar-refractivity contribution >= 4 is 11.6 Å². The molecule has 0 saturated carbocycles. The van der Waals surface area contributed by atoms with Gasteiger partial charge in [-0.1, -0.05) is 45.0 Å². The molecule has 35 heavy (non-hydrogen) atoms. The van der Waals surface area contributed by atoms with Crippen molar-refractivity contribution in [3.8, 4) is 11.4 Å². The van der Waals surface area contributed by atoms with Crippen molar-refractivity contribution in [1.82, 2.24) is 15.1 Å². The monoisotopic (exact) mass is 475 g/mol. The fourth-order valence-corrected chi connectivity index (χ4v) is 4.43. The van der Waals surface area contributed by atoms with E-state index in [0.717, 1.165) is 23.5 Å². The Labute approximate surface area is 206 Å². The van der Waals surface area contributed by atoms with Gasteiger partial charge in [0.1, 0.15) is 18.0 Å². The van der Waals surface area contributed by atoms with E-state index in [4.69, 9.17) is 4.74 Å². The van der Waals surface area contributed by atoms with Gasteiger partial charge >= 0.3 is 0 Å². The number of aromatic nitrogens is 2. The number of hydrogen-bond acceptors (Lipinski definition) is 6. The summed E-state index contributed by atoms with van der Waals surface area (Å²) >= 11 is 0. The van der Waals surface area contributed by atoms with Gasteiger partial charge in [-0.25, -0.2) is 4.68 Å². The second kappa shape index (κ2) is 10.00. The summed E-state index contributed by atoms with van der Waals surface area (Å²) in [7, 11) is 1.60. The van der Waals surface area contributed by atoms with Crippen molar-refractivity contribution < 1.29 is 9.53 Å². The molecule has 0 spiro atoms. The molecule has 0 saturated heterocycles. The molecular weight excluding hydrogens is 442 g/mol. The van der Waals surface area contributed by atoms with Gasteiger partial charge in [0.15, 0.2) is 0 Å². The zero-order valence-corrected chi connectivity index (χ0v) is 21.0. The van der Waals surface area contributed by atoms with Gasteiger partial charge in [0.2, 0.25) is 0 Å². The summed E-state index contributed by atoms with van der Waals surface area (Å²) in [6, 6.07) is 16.0. The van der Waals surface area contributed by atoms with Gasteiger partial charge in [-0.15, -0.1) is 0 Å². The summed E-state index contributed by atoms with van der Waals surface area (Å²) < 4.78 is 6.88. The number of rotatable bonds is 9. The van der Waals surface area contributed by atoms with Crippen LogP contribution in [-0.4, -0.2) is 41.9 Å². The highest BCUT2D eigenvalue weighted by Gasteiger charge is 2.33. The van der Waals surface area contributed by atoms with Gasteiger partial charge in [0, 0.05) is 35.8 Å². The summed E-state index contributed by atoms with van der Waals surface area (Å²) in [5, 5.41) is 11.1. The van der Waals surface area contributed by atoms with Gasteiger partial charge in [0.05, 0.1) is 18.5 Å². The highest BCUT2D eigenvalue weighted by molar-refractivity contribution is 6.07. The quantitative estimate of drug-likeness (QED) is 0.456. The number of nitrogens with one attached hydrogen (secondary N) is 1. The van der Waals surface area contributed by atoms with Crippen molar-refractivity contribution in [3.05, 3.63) is 76.0 Å². The Morgan fingerprint density at radius 2 is 1.74 bits per heavy atom. The molecule has 0 bridgehead atoms. The molecule has 1 aliphatic rings. The van der Waals surface area contributed by atoms with E-state index in [9.17, 15) is 9.70 Å². The first kappa shape index (κ1) is 24.6. The lowest BCUT2D eigenvalue weighted by Crippen LogP contribution is -2.39. The van der Waals surface area contributed by atoms with E-state index in [1.54, 1.807) is 16.7 Å². The van der Waals surface area contributed by atoms with Crippen LogP contribution in [0.25, 0.3) is 5.69 Å². The second-order valence-corrected chi connectivity index (χ2v) is 9.84. The number of hydrogen-bond donors (Lipinski definition) is 1. The number of amides is 1. The molecule has 1 N–H and O–H groups in total. The lowest BCUT2D eigenvalue weighted by atomic mass is 9.84. The molecule has 1 aromatic heterocycles. The molecule has 3 aromatic rings. The van der Waals surface area contributed by atoms with Crippen molar-refractivity contribution in [1.29, 1.82) is 0 Å². The maximum atomic E-state index is 13.7. The number of carbonyl (C=O) groups excluding carboxylic acids is 1. The SMILES string of the molecule is COc1ccc(-n2nc(CN=O)c3c2C(=O)N(c2ccc(C(C)(C)CNC(C)C)cc2)CC3)cc1. The van der Waals surface area contributed by atoms with Gasteiger partial charge in [-0.3, -0.25) is 4.79 Å². The zero-order valence-electron chi connectivity index (χ0n) is 21.0. The highest BCUT2D eigenvalue weighted by atomic mass is 16.5. The number of anilines is 1. The zero-order chi connectivity index (χ0) is 25.2. The third-order valence-corrected chi connectivity index (χ3v) is 6.54. The first-order valence-corrected chi connectivity index (χ1v) is 11.9. The average molecular weight is 476 g/mol. The first-order chi connectivity index (χ1) is 16.7. The molecule has 1 amide bonds. The average Bonchev–Trinajstić information content (AvgIpc) is 3.23. The van der Waals surface area contributed by atoms with Crippen LogP contribution < -0.4 is 15.0 Å². The smallest absolute Gasteiger partial charge is 0.277 e. The standard InChI is InChI=1S/C27H33N5O3/c1-18(2)28-17-27(3,4)19-6-8-20(9-7-19)31-15-14-23-24(16-29-34)30-32(25(23)26(31)33)21-10-12-22(35-5)13-11-21/h6-13,18,28H,14-17H2,1-5H3. The van der Waals surface area contributed by atoms with Crippen LogP contribution in [0.5, 0.6) is 5.75 Å². The van der Waals surface area contributed by atoms with Crippen LogP contribution in [-0.2, 0) is 18.4 Å². The number of ether oxygens (including phenoxy) is 1. The van der Waals surface area contributed by atoms with E-state index in [-0.39, 0.29) is 17.9 Å². The second-order valence-electron chi connectivity index (χ2n) is 9.84. The Morgan fingerprint density at radius 3 is 2.34 bits per heavy atom. The van der Waals surface area contributed by atoms with Crippen LogP contribution in [0.1, 0.15) is 55.0 Å². The highest BCUT2D eigenvalue weighted by Crippen LogP contribution is 2.31. The maximum Gasteiger partial charge on any atom is 0.277 e. The van der Waals surface area contributed by atoms with Crippen LogP contribution in [0, 0.1) is 4.91 Å². The predicted molar refractivity (Wildman–Crippen MR) is 138 cm³/mol. The number of benzene rings is 2. The lowest BCUT2D eigenvalue weighted by molar-refractivity contribution is 0.0973. The molecule has 0 atom stereocenters. The summed E-state index contributed by atoms with van der Waals surface area (Å²) in [5.41, 5.74) is 4.56. The predicted octanol–water partition coefficient (Wildman–Crippen LogP) is 4.63. The fourth-order valence-electron chi connectivity index (χ4n) is 4.43. The number of methoxy groups -OCH3 is 1. The molecule has 2 aromatic carbocycles. The van der Waals surface area contributed by atoms with Gasteiger partial charge in [-0.05, 0) is 48.4 Å². The van der Waals surface area contributed by atoms with Crippen molar-refractivity contribution in [2.24, 2.45) is 5.18 Å². The summed E-state index contributed by atoms with van der Waals surface area (Å²) in [5.74, 6) is 0.573. The molecule has 184 valence electrons. The minimum Gasteiger partial charge on any atom is -0.497 e. The minimum absolute atomic E-state index is 0.0361. The molecule has 0 fully saturated rings. The lowest BCUT2D eigenvalue weighted by Gasteiger charge is -2.30. The molecule has 0 aliphatic carbocycles. The van der Waals surface area contributed by atoms with E-state index in [0.29, 0.717) is 36.1 Å². The maximum absolute atomic E-state index is 13.7. The molecule has 8 heteroatoms. The topological polar surface area (TPSA) is 88.8 Å². The van der Waals surface area contributed by atoms with E-state index in [2.05, 4.69) is 55.4 Å². The Morgan fingerprint density at radius 1 is 1.09 bits per heavy atom. The van der Waals surface area contributed by atoms with Gasteiger partial charge in [0.25, 0.3) is 5.91 Å². The van der Waals surface area contributed by atoms with Gasteiger partial charge in [-0.2, -0.15) is 10.0 Å². The van der Waals surface area contributed by atoms with Gasteiger partial charge < -0.3 is 15.0 Å². The molecule has 0 unspecified atom stereocenters. The Hall–Kier alpha value is -3.52. The number of fused-ring (bicyclic) bond motifs is 1. The van der Waals surface area contributed by atoms with Crippen LogP contribution in [0.3, 0.4) is 0 Å². The minimum atomic E-state index is -0.139. The van der Waals surface area contributed by atoms with E-state index in [1.807, 2.05) is 36.4 Å². The summed E-state index contributed by atoms with van der Waals surface area (Å²) in [6.07, 6.45) is 0.605.